The van der Waals surface area contributed by atoms with Crippen molar-refractivity contribution in [2.45, 2.75) is 37.6 Å². The van der Waals surface area contributed by atoms with Crippen LogP contribution in [0.2, 0.25) is 0 Å². The predicted molar refractivity (Wildman–Crippen MR) is 108 cm³/mol. The molecule has 0 aliphatic heterocycles. The van der Waals surface area contributed by atoms with Crippen molar-refractivity contribution >= 4 is 39.0 Å². The van der Waals surface area contributed by atoms with Crippen LogP contribution in [0.15, 0.2) is 42.6 Å². The van der Waals surface area contributed by atoms with E-state index in [0.717, 1.165) is 46.2 Å². The van der Waals surface area contributed by atoms with Crippen LogP contribution in [0.25, 0.3) is 26.1 Å². The maximum Gasteiger partial charge on any atom is 0.329 e. The van der Waals surface area contributed by atoms with Gasteiger partial charge in [-0.3, -0.25) is 0 Å². The summed E-state index contributed by atoms with van der Waals surface area (Å²) in [7, 11) is 0. The Labute approximate surface area is 161 Å². The number of fused-ring (bicyclic) bond motifs is 1. The average molecular weight is 377 g/mol. The first-order valence-electron chi connectivity index (χ1n) is 9.00. The Morgan fingerprint density at radius 3 is 2.56 bits per heavy atom. The third kappa shape index (κ3) is 3.15. The van der Waals surface area contributed by atoms with Crippen LogP contribution in [0.1, 0.15) is 32.1 Å². The van der Waals surface area contributed by atoms with Crippen molar-refractivity contribution < 1.29 is 9.90 Å². The van der Waals surface area contributed by atoms with Gasteiger partial charge in [-0.25, -0.2) is 9.64 Å². The summed E-state index contributed by atoms with van der Waals surface area (Å²) in [6.45, 7) is 7.15. The van der Waals surface area contributed by atoms with Crippen LogP contribution in [-0.2, 0) is 4.79 Å². The molecule has 1 heterocycles. The third-order valence-electron chi connectivity index (χ3n) is 5.30. The van der Waals surface area contributed by atoms with Crippen LogP contribution in [-0.4, -0.2) is 21.0 Å². The van der Waals surface area contributed by atoms with Crippen LogP contribution in [0, 0.1) is 6.57 Å². The zero-order valence-electron chi connectivity index (χ0n) is 14.7. The Kier molecular flexibility index (Phi) is 4.54. The molecule has 5 nitrogen and oxygen atoms in total. The standard InChI is InChI=1S/C21H19N3O2S/c1-22-16-8-5-14(6-9-16)18-17(10-7-15-13-23-27-19(15)18)24-21(20(25)26)11-3-2-4-12-21/h5-10,13,24H,2-4,11-12H2,(H,25,26). The van der Waals surface area contributed by atoms with Gasteiger partial charge >= 0.3 is 5.97 Å². The lowest BCUT2D eigenvalue weighted by Gasteiger charge is -2.35. The molecule has 0 bridgehead atoms. The molecule has 2 N–H and O–H groups in total. The highest BCUT2D eigenvalue weighted by Gasteiger charge is 2.40. The smallest absolute Gasteiger partial charge is 0.329 e. The Bertz CT molecular complexity index is 1030. The van der Waals surface area contributed by atoms with E-state index in [1.807, 2.05) is 30.5 Å². The summed E-state index contributed by atoms with van der Waals surface area (Å²) in [5.74, 6) is -0.791. The van der Waals surface area contributed by atoms with Gasteiger partial charge in [-0.05, 0) is 42.1 Å². The van der Waals surface area contributed by atoms with Gasteiger partial charge in [0.05, 0.1) is 11.3 Å². The molecule has 1 aliphatic carbocycles. The maximum atomic E-state index is 12.1. The fourth-order valence-electron chi connectivity index (χ4n) is 3.83. The van der Waals surface area contributed by atoms with Gasteiger partial charge in [0.1, 0.15) is 5.54 Å². The number of carboxylic acid groups (broad SMARTS) is 1. The minimum absolute atomic E-state index is 0.582. The number of anilines is 1. The minimum Gasteiger partial charge on any atom is -0.480 e. The number of aromatic nitrogens is 1. The molecule has 6 heteroatoms. The highest BCUT2D eigenvalue weighted by Crippen LogP contribution is 2.41. The average Bonchev–Trinajstić information content (AvgIpc) is 3.17. The topological polar surface area (TPSA) is 66.6 Å². The van der Waals surface area contributed by atoms with Crippen molar-refractivity contribution in [2.75, 3.05) is 5.32 Å². The van der Waals surface area contributed by atoms with Gasteiger partial charge in [0.2, 0.25) is 0 Å². The number of nitrogens with zero attached hydrogens (tertiary/aromatic N) is 2. The summed E-state index contributed by atoms with van der Waals surface area (Å²) < 4.78 is 5.33. The molecule has 0 spiro atoms. The predicted octanol–water partition coefficient (Wildman–Crippen LogP) is 5.71. The molecule has 1 aliphatic rings. The fraction of sp³-hybridized carbons (Fsp3) is 0.286. The molecule has 136 valence electrons. The molecule has 1 aromatic heterocycles. The number of rotatable bonds is 4. The van der Waals surface area contributed by atoms with E-state index in [-0.39, 0.29) is 0 Å². The van der Waals surface area contributed by atoms with Crippen molar-refractivity contribution in [3.05, 3.63) is 54.0 Å². The van der Waals surface area contributed by atoms with Gasteiger partial charge in [0.25, 0.3) is 0 Å². The number of nitrogens with one attached hydrogen (secondary N) is 1. The Balaban J connectivity index is 1.85. The first-order chi connectivity index (χ1) is 13.1. The first kappa shape index (κ1) is 17.5. The molecular weight excluding hydrogens is 358 g/mol. The second-order valence-corrected chi connectivity index (χ2v) is 7.77. The highest BCUT2D eigenvalue weighted by atomic mass is 32.1. The number of carboxylic acids is 1. The molecule has 1 fully saturated rings. The lowest BCUT2D eigenvalue weighted by molar-refractivity contribution is -0.143. The molecule has 0 radical (unpaired) electrons. The summed E-state index contributed by atoms with van der Waals surface area (Å²) in [6.07, 6.45) is 5.98. The summed E-state index contributed by atoms with van der Waals surface area (Å²) in [5, 5.41) is 14.4. The maximum absolute atomic E-state index is 12.1. The van der Waals surface area contributed by atoms with Crippen LogP contribution in [0.3, 0.4) is 0 Å². The van der Waals surface area contributed by atoms with Gasteiger partial charge in [0.15, 0.2) is 5.69 Å². The number of hydrogen-bond acceptors (Lipinski definition) is 4. The Hall–Kier alpha value is -2.91. The van der Waals surface area contributed by atoms with E-state index in [0.29, 0.717) is 18.5 Å². The molecular formula is C21H19N3O2S. The Morgan fingerprint density at radius 2 is 1.89 bits per heavy atom. The summed E-state index contributed by atoms with van der Waals surface area (Å²) >= 11 is 1.40. The van der Waals surface area contributed by atoms with Crippen LogP contribution in [0.5, 0.6) is 0 Å². The van der Waals surface area contributed by atoms with E-state index in [9.17, 15) is 9.90 Å². The van der Waals surface area contributed by atoms with Crippen LogP contribution >= 0.6 is 11.5 Å². The number of aliphatic carboxylic acids is 1. The van der Waals surface area contributed by atoms with Crippen molar-refractivity contribution in [1.82, 2.24) is 4.37 Å². The first-order valence-corrected chi connectivity index (χ1v) is 9.77. The summed E-state index contributed by atoms with van der Waals surface area (Å²) in [5.41, 5.74) is 2.38. The molecule has 1 saturated carbocycles. The van der Waals surface area contributed by atoms with E-state index in [2.05, 4.69) is 14.5 Å². The molecule has 0 saturated heterocycles. The molecule has 3 aromatic rings. The zero-order valence-corrected chi connectivity index (χ0v) is 15.6. The van der Waals surface area contributed by atoms with Gasteiger partial charge in [-0.15, -0.1) is 0 Å². The third-order valence-corrected chi connectivity index (χ3v) is 6.13. The quantitative estimate of drug-likeness (QED) is 0.571. The SMILES string of the molecule is [C-]#[N+]c1ccc(-c2c(NC3(C(=O)O)CCCCC3)ccc3cnsc23)cc1. The van der Waals surface area contributed by atoms with E-state index in [4.69, 9.17) is 6.57 Å². The molecule has 0 atom stereocenters. The van der Waals surface area contributed by atoms with Crippen molar-refractivity contribution in [3.8, 4) is 11.1 Å². The van der Waals surface area contributed by atoms with Crippen LogP contribution < -0.4 is 5.32 Å². The molecule has 2 aromatic carbocycles. The van der Waals surface area contributed by atoms with Gasteiger partial charge in [-0.2, -0.15) is 4.37 Å². The van der Waals surface area contributed by atoms with E-state index in [1.165, 1.54) is 11.5 Å². The fourth-order valence-corrected chi connectivity index (χ4v) is 4.65. The van der Waals surface area contributed by atoms with Crippen LogP contribution in [0.4, 0.5) is 11.4 Å². The number of benzene rings is 2. The second kappa shape index (κ2) is 7.01. The summed E-state index contributed by atoms with van der Waals surface area (Å²) in [6, 6.07) is 11.4. The zero-order chi connectivity index (χ0) is 18.9. The van der Waals surface area contributed by atoms with E-state index in [1.54, 1.807) is 12.1 Å². The van der Waals surface area contributed by atoms with Crippen molar-refractivity contribution in [3.63, 3.8) is 0 Å². The molecule has 27 heavy (non-hydrogen) atoms. The lowest BCUT2D eigenvalue weighted by Crippen LogP contribution is -2.48. The minimum atomic E-state index is -0.929. The molecule has 0 amide bonds. The van der Waals surface area contributed by atoms with E-state index >= 15 is 0 Å². The van der Waals surface area contributed by atoms with E-state index < -0.39 is 11.5 Å². The van der Waals surface area contributed by atoms with Gasteiger partial charge < -0.3 is 10.4 Å². The van der Waals surface area contributed by atoms with Crippen molar-refractivity contribution in [2.24, 2.45) is 0 Å². The largest absolute Gasteiger partial charge is 0.480 e. The summed E-state index contributed by atoms with van der Waals surface area (Å²) in [4.78, 5) is 15.6. The number of carbonyl (C=O) groups is 1. The normalized spacial score (nSPS) is 16.0. The monoisotopic (exact) mass is 377 g/mol. The Morgan fingerprint density at radius 1 is 1.15 bits per heavy atom. The number of hydrogen-bond donors (Lipinski definition) is 2. The molecule has 0 unspecified atom stereocenters. The van der Waals surface area contributed by atoms with Crippen molar-refractivity contribution in [1.29, 1.82) is 0 Å². The van der Waals surface area contributed by atoms with Gasteiger partial charge in [0, 0.05) is 22.8 Å². The molecule has 4 rings (SSSR count). The lowest BCUT2D eigenvalue weighted by atomic mass is 9.81. The second-order valence-electron chi connectivity index (χ2n) is 6.96. The van der Waals surface area contributed by atoms with Gasteiger partial charge in [-0.1, -0.05) is 43.5 Å². The highest BCUT2D eigenvalue weighted by molar-refractivity contribution is 7.14.